The average Bonchev–Trinajstić information content (AvgIpc) is 2.14. The summed E-state index contributed by atoms with van der Waals surface area (Å²) in [5.74, 6) is -0.551. The van der Waals surface area contributed by atoms with Crippen LogP contribution in [0.15, 0.2) is 6.07 Å². The molecular weight excluding hydrogens is 276 g/mol. The van der Waals surface area contributed by atoms with Crippen molar-refractivity contribution in [2.24, 2.45) is 0 Å². The van der Waals surface area contributed by atoms with E-state index in [4.69, 9.17) is 23.2 Å². The normalized spacial score (nSPS) is 12.2. The lowest BCUT2D eigenvalue weighted by Crippen LogP contribution is -2.13. The van der Waals surface area contributed by atoms with Crippen LogP contribution < -0.4 is 0 Å². The Morgan fingerprint density at radius 2 is 1.88 bits per heavy atom. The van der Waals surface area contributed by atoms with Crippen LogP contribution >= 0.6 is 23.2 Å². The molecule has 0 aliphatic rings. The largest absolute Gasteiger partial charge is 0.433 e. The molecule has 0 radical (unpaired) electrons. The predicted octanol–water partition coefficient (Wildman–Crippen LogP) is 4.43. The van der Waals surface area contributed by atoms with Crippen molar-refractivity contribution in [3.63, 3.8) is 0 Å². The van der Waals surface area contributed by atoms with E-state index >= 15 is 0 Å². The van der Waals surface area contributed by atoms with Crippen LogP contribution in [0.2, 0.25) is 5.02 Å². The second-order valence-electron chi connectivity index (χ2n) is 2.79. The van der Waals surface area contributed by atoms with E-state index in [0.717, 1.165) is 0 Å². The number of pyridine rings is 1. The fraction of sp³-hybridized carbons (Fsp3) is 0.375. The number of hydrogen-bond acceptors (Lipinski definition) is 1. The van der Waals surface area contributed by atoms with Gasteiger partial charge in [-0.2, -0.15) is 13.2 Å². The Morgan fingerprint density at radius 1 is 1.31 bits per heavy atom. The van der Waals surface area contributed by atoms with Crippen molar-refractivity contribution in [2.45, 2.75) is 18.5 Å². The molecule has 0 spiro atoms. The minimum absolute atomic E-state index is 0.465. The predicted molar refractivity (Wildman–Crippen MR) is 48.8 cm³/mol. The Hall–Kier alpha value is -0.620. The van der Waals surface area contributed by atoms with Crippen LogP contribution in [0.3, 0.4) is 0 Å². The first-order valence-electron chi connectivity index (χ1n) is 3.88. The van der Waals surface area contributed by atoms with Crippen molar-refractivity contribution in [2.75, 3.05) is 0 Å². The summed E-state index contributed by atoms with van der Waals surface area (Å²) in [6.07, 6.45) is -7.98. The first-order valence-corrected chi connectivity index (χ1v) is 4.79. The molecule has 1 rings (SSSR count). The topological polar surface area (TPSA) is 12.9 Å². The van der Waals surface area contributed by atoms with E-state index in [1.165, 1.54) is 0 Å². The highest BCUT2D eigenvalue weighted by Crippen LogP contribution is 2.36. The Balaban J connectivity index is 3.43. The molecule has 16 heavy (non-hydrogen) atoms. The third-order valence-corrected chi connectivity index (χ3v) is 2.32. The van der Waals surface area contributed by atoms with Crippen LogP contribution in [0.4, 0.5) is 22.0 Å². The molecule has 0 aromatic carbocycles. The van der Waals surface area contributed by atoms with Gasteiger partial charge in [0, 0.05) is 10.6 Å². The van der Waals surface area contributed by atoms with Crippen molar-refractivity contribution in [1.29, 1.82) is 0 Å². The van der Waals surface area contributed by atoms with Crippen LogP contribution in [0.5, 0.6) is 0 Å². The molecule has 0 saturated carbocycles. The van der Waals surface area contributed by atoms with Gasteiger partial charge in [0.15, 0.2) is 5.69 Å². The minimum atomic E-state index is -4.86. The van der Waals surface area contributed by atoms with Crippen LogP contribution in [0.1, 0.15) is 23.4 Å². The maximum absolute atomic E-state index is 12.4. The van der Waals surface area contributed by atoms with E-state index in [9.17, 15) is 22.0 Å². The van der Waals surface area contributed by atoms with Crippen molar-refractivity contribution in [3.8, 4) is 0 Å². The van der Waals surface area contributed by atoms with Crippen LogP contribution in [-0.4, -0.2) is 4.98 Å². The van der Waals surface area contributed by atoms with Crippen LogP contribution in [0.25, 0.3) is 0 Å². The van der Waals surface area contributed by atoms with Gasteiger partial charge in [0.25, 0.3) is 6.43 Å². The third kappa shape index (κ3) is 2.74. The van der Waals surface area contributed by atoms with Gasteiger partial charge in [-0.15, -0.1) is 11.6 Å². The zero-order valence-corrected chi connectivity index (χ0v) is 8.97. The molecule has 8 heteroatoms. The molecule has 0 saturated heterocycles. The zero-order chi connectivity index (χ0) is 12.5. The van der Waals surface area contributed by atoms with E-state index in [0.29, 0.717) is 6.07 Å². The average molecular weight is 280 g/mol. The Bertz CT molecular complexity index is 391. The SMILES string of the molecule is FC(F)c1cc(Cl)c(CCl)c(C(F)(F)F)n1. The summed E-state index contributed by atoms with van der Waals surface area (Å²) in [6.45, 7) is 0. The summed E-state index contributed by atoms with van der Waals surface area (Å²) in [5, 5.41) is -0.465. The van der Waals surface area contributed by atoms with Crippen molar-refractivity contribution in [3.05, 3.63) is 28.0 Å². The van der Waals surface area contributed by atoms with Crippen molar-refractivity contribution in [1.82, 2.24) is 4.98 Å². The quantitative estimate of drug-likeness (QED) is 0.576. The van der Waals surface area contributed by atoms with Gasteiger partial charge in [-0.05, 0) is 6.07 Å². The van der Waals surface area contributed by atoms with Gasteiger partial charge in [-0.25, -0.2) is 13.8 Å². The molecule has 1 heterocycles. The maximum atomic E-state index is 12.4. The molecule has 0 aliphatic carbocycles. The number of alkyl halides is 6. The monoisotopic (exact) mass is 279 g/mol. The fourth-order valence-corrected chi connectivity index (χ4v) is 1.64. The van der Waals surface area contributed by atoms with Gasteiger partial charge in [-0.3, -0.25) is 0 Å². The number of rotatable bonds is 2. The summed E-state index contributed by atoms with van der Waals surface area (Å²) in [6, 6.07) is 0.680. The van der Waals surface area contributed by atoms with E-state index in [1.54, 1.807) is 0 Å². The summed E-state index contributed by atoms with van der Waals surface area (Å²) in [5.41, 5.74) is -2.99. The molecule has 1 nitrogen and oxygen atoms in total. The molecule has 90 valence electrons. The van der Waals surface area contributed by atoms with Gasteiger partial charge in [0.1, 0.15) is 5.69 Å². The maximum Gasteiger partial charge on any atom is 0.433 e. The van der Waals surface area contributed by atoms with Gasteiger partial charge < -0.3 is 0 Å². The van der Waals surface area contributed by atoms with E-state index < -0.39 is 40.5 Å². The lowest BCUT2D eigenvalue weighted by molar-refractivity contribution is -0.142. The van der Waals surface area contributed by atoms with Gasteiger partial charge in [-0.1, -0.05) is 11.6 Å². The highest BCUT2D eigenvalue weighted by atomic mass is 35.5. The lowest BCUT2D eigenvalue weighted by Gasteiger charge is -2.13. The second kappa shape index (κ2) is 4.71. The van der Waals surface area contributed by atoms with E-state index in [2.05, 4.69) is 4.98 Å². The van der Waals surface area contributed by atoms with Gasteiger partial charge in [0.05, 0.1) is 5.88 Å². The molecule has 0 fully saturated rings. The molecule has 1 aromatic heterocycles. The number of halogens is 7. The zero-order valence-electron chi connectivity index (χ0n) is 7.45. The second-order valence-corrected chi connectivity index (χ2v) is 3.46. The van der Waals surface area contributed by atoms with Crippen LogP contribution in [0, 0.1) is 0 Å². The molecule has 0 aliphatic heterocycles. The fourth-order valence-electron chi connectivity index (χ4n) is 1.03. The number of aromatic nitrogens is 1. The molecule has 0 atom stereocenters. The lowest BCUT2D eigenvalue weighted by atomic mass is 10.2. The van der Waals surface area contributed by atoms with E-state index in [-0.39, 0.29) is 0 Å². The molecule has 0 bridgehead atoms. The third-order valence-electron chi connectivity index (χ3n) is 1.72. The first-order chi connectivity index (χ1) is 7.27. The molecule has 0 amide bonds. The summed E-state index contributed by atoms with van der Waals surface area (Å²) in [7, 11) is 0. The minimum Gasteiger partial charge on any atom is -0.242 e. The van der Waals surface area contributed by atoms with Crippen LogP contribution in [-0.2, 0) is 12.1 Å². The molecule has 1 aromatic rings. The molecule has 0 unspecified atom stereocenters. The summed E-state index contributed by atoms with van der Waals surface area (Å²) in [4.78, 5) is 2.83. The van der Waals surface area contributed by atoms with Gasteiger partial charge in [0.2, 0.25) is 0 Å². The Labute approximate surface area is 97.2 Å². The number of nitrogens with zero attached hydrogens (tertiary/aromatic N) is 1. The summed E-state index contributed by atoms with van der Waals surface area (Å²) < 4.78 is 61.8. The highest BCUT2D eigenvalue weighted by molar-refractivity contribution is 6.32. The Kier molecular flexibility index (Phi) is 3.96. The van der Waals surface area contributed by atoms with Crippen molar-refractivity contribution >= 4 is 23.2 Å². The molecule has 0 N–H and O–H groups in total. The molecular formula is C8H4Cl2F5N. The summed E-state index contributed by atoms with van der Waals surface area (Å²) >= 11 is 10.7. The van der Waals surface area contributed by atoms with E-state index in [1.807, 2.05) is 0 Å². The Morgan fingerprint density at radius 3 is 2.25 bits per heavy atom. The van der Waals surface area contributed by atoms with Gasteiger partial charge >= 0.3 is 6.18 Å². The number of hydrogen-bond donors (Lipinski definition) is 0. The smallest absolute Gasteiger partial charge is 0.242 e. The van der Waals surface area contributed by atoms with Crippen molar-refractivity contribution < 1.29 is 22.0 Å². The standard InChI is InChI=1S/C8H4Cl2F5N/c9-2-3-4(10)1-5(7(11)12)16-6(3)8(13,14)15/h1,7H,2H2. The first kappa shape index (κ1) is 13.4. The highest BCUT2D eigenvalue weighted by Gasteiger charge is 2.37.